The molecule has 2 N–H and O–H groups in total. The molecule has 0 radical (unpaired) electrons. The normalized spacial score (nSPS) is 16.2. The van der Waals surface area contributed by atoms with Crippen molar-refractivity contribution in [1.82, 2.24) is 14.9 Å². The first-order chi connectivity index (χ1) is 9.19. The van der Waals surface area contributed by atoms with E-state index in [1.807, 2.05) is 6.92 Å². The van der Waals surface area contributed by atoms with Crippen molar-refractivity contribution < 1.29 is 9.53 Å². The van der Waals surface area contributed by atoms with Gasteiger partial charge in [-0.2, -0.15) is 0 Å². The largest absolute Gasteiger partial charge is 0.450 e. The van der Waals surface area contributed by atoms with Crippen molar-refractivity contribution in [3.63, 3.8) is 0 Å². The average molecular weight is 282 g/mol. The summed E-state index contributed by atoms with van der Waals surface area (Å²) in [5.41, 5.74) is 0. The van der Waals surface area contributed by atoms with Gasteiger partial charge in [-0.05, 0) is 19.8 Å². The van der Waals surface area contributed by atoms with Crippen molar-refractivity contribution in [3.8, 4) is 0 Å². The number of nitrogens with zero attached hydrogens (tertiary/aromatic N) is 2. The molecule has 0 unspecified atom stereocenters. The average Bonchev–Trinajstić information content (AvgIpc) is 2.40. The van der Waals surface area contributed by atoms with Crippen LogP contribution in [0.4, 0.5) is 10.6 Å². The van der Waals surface area contributed by atoms with E-state index in [1.165, 1.54) is 0 Å². The highest BCUT2D eigenvalue weighted by Crippen LogP contribution is 2.15. The number of amides is 1. The van der Waals surface area contributed by atoms with Crippen LogP contribution in [0, 0.1) is 4.64 Å². The molecule has 0 atom stereocenters. The monoisotopic (exact) mass is 282 g/mol. The lowest BCUT2D eigenvalue weighted by atomic mass is 10.1. The Morgan fingerprint density at radius 3 is 3.00 bits per heavy atom. The third-order valence-electron chi connectivity index (χ3n) is 3.06. The quantitative estimate of drug-likeness (QED) is 0.831. The van der Waals surface area contributed by atoms with E-state index in [2.05, 4.69) is 15.3 Å². The third-order valence-corrected chi connectivity index (χ3v) is 3.28. The van der Waals surface area contributed by atoms with Gasteiger partial charge in [-0.1, -0.05) is 12.2 Å². The number of ether oxygens (including phenoxy) is 1. The zero-order valence-electron chi connectivity index (χ0n) is 10.9. The van der Waals surface area contributed by atoms with E-state index in [-0.39, 0.29) is 6.09 Å². The van der Waals surface area contributed by atoms with Crippen LogP contribution in [0.1, 0.15) is 19.8 Å². The lowest BCUT2D eigenvalue weighted by Gasteiger charge is -2.31. The molecule has 1 aliphatic rings. The second-order valence-corrected chi connectivity index (χ2v) is 4.82. The fraction of sp³-hybridized carbons (Fsp3) is 0.583. The summed E-state index contributed by atoms with van der Waals surface area (Å²) in [6, 6.07) is 2.13. The van der Waals surface area contributed by atoms with Gasteiger partial charge in [0.25, 0.3) is 0 Å². The summed E-state index contributed by atoms with van der Waals surface area (Å²) in [6.45, 7) is 3.66. The van der Waals surface area contributed by atoms with E-state index in [9.17, 15) is 4.79 Å². The molecule has 19 heavy (non-hydrogen) atoms. The number of hydrogen-bond donors (Lipinski definition) is 2. The summed E-state index contributed by atoms with van der Waals surface area (Å²) in [5.74, 6) is 0.870. The molecule has 1 fully saturated rings. The molecular formula is C12H18N4O2S. The minimum absolute atomic E-state index is 0.218. The van der Waals surface area contributed by atoms with Crippen molar-refractivity contribution in [3.05, 3.63) is 17.0 Å². The minimum atomic E-state index is -0.218. The number of piperidine rings is 1. The summed E-state index contributed by atoms with van der Waals surface area (Å²) in [6.07, 6.45) is 3.14. The molecule has 0 aromatic carbocycles. The first-order valence-electron chi connectivity index (χ1n) is 6.42. The molecule has 104 valence electrons. The highest BCUT2D eigenvalue weighted by molar-refractivity contribution is 7.71. The number of anilines is 1. The lowest BCUT2D eigenvalue weighted by molar-refractivity contribution is 0.0983. The van der Waals surface area contributed by atoms with Gasteiger partial charge in [-0.3, -0.25) is 0 Å². The van der Waals surface area contributed by atoms with E-state index in [0.717, 1.165) is 18.7 Å². The summed E-state index contributed by atoms with van der Waals surface area (Å²) in [5, 5.41) is 3.37. The standard InChI is InChI=1S/C12H18N4O2S/c1-2-18-12(17)16-5-3-9(4-6-16)15-10-7-11(19)14-8-13-10/h7-9H,2-6H2,1H3,(H2,13,14,15,19). The molecular weight excluding hydrogens is 264 g/mol. The van der Waals surface area contributed by atoms with Gasteiger partial charge in [-0.25, -0.2) is 9.78 Å². The van der Waals surface area contributed by atoms with E-state index in [0.29, 0.717) is 30.4 Å². The molecule has 0 bridgehead atoms. The molecule has 1 amide bonds. The molecule has 2 rings (SSSR count). The van der Waals surface area contributed by atoms with Crippen LogP contribution in [0.2, 0.25) is 0 Å². The maximum Gasteiger partial charge on any atom is 0.409 e. The van der Waals surface area contributed by atoms with Crippen molar-refractivity contribution >= 4 is 24.1 Å². The smallest absolute Gasteiger partial charge is 0.409 e. The first kappa shape index (κ1) is 13.8. The van der Waals surface area contributed by atoms with Crippen LogP contribution in [-0.2, 0) is 4.74 Å². The molecule has 1 saturated heterocycles. The number of hydrogen-bond acceptors (Lipinski definition) is 5. The predicted molar refractivity (Wildman–Crippen MR) is 74.7 cm³/mol. The second kappa shape index (κ2) is 6.51. The Balaban J connectivity index is 1.83. The summed E-state index contributed by atoms with van der Waals surface area (Å²) >= 11 is 5.01. The second-order valence-electron chi connectivity index (χ2n) is 4.40. The van der Waals surface area contributed by atoms with Crippen LogP contribution < -0.4 is 5.32 Å². The maximum atomic E-state index is 11.6. The molecule has 7 heteroatoms. The molecule has 0 aliphatic carbocycles. The summed E-state index contributed by atoms with van der Waals surface area (Å²) < 4.78 is 5.55. The topological polar surface area (TPSA) is 70.2 Å². The van der Waals surface area contributed by atoms with Crippen LogP contribution >= 0.6 is 12.2 Å². The fourth-order valence-corrected chi connectivity index (χ4v) is 2.26. The molecule has 0 saturated carbocycles. The lowest BCUT2D eigenvalue weighted by Crippen LogP contribution is -2.42. The minimum Gasteiger partial charge on any atom is -0.450 e. The third kappa shape index (κ3) is 3.92. The van der Waals surface area contributed by atoms with Gasteiger partial charge >= 0.3 is 6.09 Å². The Kier molecular flexibility index (Phi) is 4.73. The number of nitrogens with one attached hydrogen (secondary N) is 2. The number of carbonyl (C=O) groups is 1. The van der Waals surface area contributed by atoms with Gasteiger partial charge < -0.3 is 19.9 Å². The number of aromatic nitrogens is 2. The van der Waals surface area contributed by atoms with Gasteiger partial charge in [-0.15, -0.1) is 0 Å². The Labute approximate surface area is 117 Å². The van der Waals surface area contributed by atoms with E-state index < -0.39 is 0 Å². The van der Waals surface area contributed by atoms with Crippen molar-refractivity contribution in [2.75, 3.05) is 25.0 Å². The van der Waals surface area contributed by atoms with Gasteiger partial charge in [0, 0.05) is 25.2 Å². The fourth-order valence-electron chi connectivity index (χ4n) is 2.09. The number of aromatic amines is 1. The van der Waals surface area contributed by atoms with Gasteiger partial charge in [0.15, 0.2) is 0 Å². The Morgan fingerprint density at radius 1 is 1.63 bits per heavy atom. The Morgan fingerprint density at radius 2 is 2.37 bits per heavy atom. The number of carbonyl (C=O) groups excluding carboxylic acids is 1. The number of likely N-dealkylation sites (tertiary alicyclic amines) is 1. The molecule has 0 spiro atoms. The Bertz CT molecular complexity index is 483. The number of H-pyrrole nitrogens is 1. The molecule has 1 aromatic rings. The zero-order valence-corrected chi connectivity index (χ0v) is 11.7. The van der Waals surface area contributed by atoms with Crippen LogP contribution in [0.15, 0.2) is 12.4 Å². The van der Waals surface area contributed by atoms with E-state index in [4.69, 9.17) is 17.0 Å². The molecule has 2 heterocycles. The van der Waals surface area contributed by atoms with Crippen LogP contribution in [-0.4, -0.2) is 46.7 Å². The van der Waals surface area contributed by atoms with Crippen LogP contribution in [0.25, 0.3) is 0 Å². The summed E-state index contributed by atoms with van der Waals surface area (Å²) in [7, 11) is 0. The predicted octanol–water partition coefficient (Wildman–Crippen LogP) is 2.17. The maximum absolute atomic E-state index is 11.6. The van der Waals surface area contributed by atoms with E-state index in [1.54, 1.807) is 17.3 Å². The van der Waals surface area contributed by atoms with Crippen molar-refractivity contribution in [2.45, 2.75) is 25.8 Å². The van der Waals surface area contributed by atoms with Gasteiger partial charge in [0.1, 0.15) is 10.5 Å². The van der Waals surface area contributed by atoms with Gasteiger partial charge in [0.05, 0.1) is 12.9 Å². The number of rotatable bonds is 3. The highest BCUT2D eigenvalue weighted by atomic mass is 32.1. The van der Waals surface area contributed by atoms with Crippen LogP contribution in [0.5, 0.6) is 0 Å². The van der Waals surface area contributed by atoms with Crippen LogP contribution in [0.3, 0.4) is 0 Å². The SMILES string of the molecule is CCOC(=O)N1CCC(Nc2cc(=S)nc[nH]2)CC1. The molecule has 1 aliphatic heterocycles. The van der Waals surface area contributed by atoms with Gasteiger partial charge in [0.2, 0.25) is 0 Å². The Hall–Kier alpha value is -1.63. The van der Waals surface area contributed by atoms with Crippen molar-refractivity contribution in [2.24, 2.45) is 0 Å². The molecule has 6 nitrogen and oxygen atoms in total. The first-order valence-corrected chi connectivity index (χ1v) is 6.83. The highest BCUT2D eigenvalue weighted by Gasteiger charge is 2.23. The summed E-state index contributed by atoms with van der Waals surface area (Å²) in [4.78, 5) is 20.3. The van der Waals surface area contributed by atoms with Crippen molar-refractivity contribution in [1.29, 1.82) is 0 Å². The van der Waals surface area contributed by atoms with E-state index >= 15 is 0 Å². The molecule has 1 aromatic heterocycles. The zero-order chi connectivity index (χ0) is 13.7.